The number of hydrogen-bond acceptors (Lipinski definition) is 5. The van der Waals surface area contributed by atoms with E-state index in [2.05, 4.69) is 39.6 Å². The van der Waals surface area contributed by atoms with Crippen LogP contribution in [0.5, 0.6) is 0 Å². The normalized spacial score (nSPS) is 18.6. The first kappa shape index (κ1) is 20.2. The van der Waals surface area contributed by atoms with Crippen LogP contribution in [-0.4, -0.2) is 49.4 Å². The second-order valence-electron chi connectivity index (χ2n) is 8.44. The van der Waals surface area contributed by atoms with Crippen LogP contribution >= 0.6 is 0 Å². The monoisotopic (exact) mass is 426 g/mol. The number of hydrogen-bond donors (Lipinski definition) is 1. The number of aromatic nitrogens is 4. The third-order valence-corrected chi connectivity index (χ3v) is 6.17. The number of benzene rings is 2. The number of carbonyl (C=O) groups is 1. The van der Waals surface area contributed by atoms with E-state index in [1.54, 1.807) is 12.4 Å². The summed E-state index contributed by atoms with van der Waals surface area (Å²) in [6.45, 7) is 4.73. The Morgan fingerprint density at radius 3 is 2.69 bits per heavy atom. The van der Waals surface area contributed by atoms with Crippen LogP contribution in [-0.2, 0) is 0 Å². The van der Waals surface area contributed by atoms with Gasteiger partial charge in [0.25, 0.3) is 5.91 Å². The molecule has 0 bridgehead atoms. The number of anilines is 1. The summed E-state index contributed by atoms with van der Waals surface area (Å²) in [6.07, 6.45) is 6.98. The van der Waals surface area contributed by atoms with Crippen molar-refractivity contribution in [3.63, 3.8) is 0 Å². The maximum atomic E-state index is 13.7. The summed E-state index contributed by atoms with van der Waals surface area (Å²) in [5.74, 6) is 0.873. The van der Waals surface area contributed by atoms with Crippen molar-refractivity contribution in [2.75, 3.05) is 11.9 Å². The van der Waals surface area contributed by atoms with Gasteiger partial charge in [0.15, 0.2) is 0 Å². The van der Waals surface area contributed by atoms with Gasteiger partial charge in [-0.15, -0.1) is 0 Å². The SMILES string of the molecule is Cc1ccc(-n2nccn2)c(C(=O)N2C[C@H](Nc3nccc4ccccc34)CC[C@@H]2C)c1. The van der Waals surface area contributed by atoms with Crippen LogP contribution in [0, 0.1) is 6.92 Å². The van der Waals surface area contributed by atoms with E-state index >= 15 is 0 Å². The fraction of sp³-hybridized carbons (Fsp3) is 0.280. The minimum Gasteiger partial charge on any atom is -0.365 e. The third-order valence-electron chi connectivity index (χ3n) is 6.17. The molecule has 0 radical (unpaired) electrons. The van der Waals surface area contributed by atoms with Gasteiger partial charge in [0.1, 0.15) is 5.82 Å². The Kier molecular flexibility index (Phi) is 5.31. The zero-order valence-electron chi connectivity index (χ0n) is 18.3. The molecule has 0 saturated carbocycles. The molecule has 0 aliphatic carbocycles. The highest BCUT2D eigenvalue weighted by Crippen LogP contribution is 2.27. The first-order valence-corrected chi connectivity index (χ1v) is 11.0. The molecule has 7 nitrogen and oxygen atoms in total. The third kappa shape index (κ3) is 3.82. The van der Waals surface area contributed by atoms with Gasteiger partial charge in [-0.25, -0.2) is 4.98 Å². The van der Waals surface area contributed by atoms with Crippen molar-refractivity contribution >= 4 is 22.5 Å². The van der Waals surface area contributed by atoms with Gasteiger partial charge in [0.2, 0.25) is 0 Å². The maximum absolute atomic E-state index is 13.7. The number of rotatable bonds is 4. The van der Waals surface area contributed by atoms with E-state index in [-0.39, 0.29) is 18.0 Å². The van der Waals surface area contributed by atoms with Crippen molar-refractivity contribution in [3.05, 3.63) is 78.2 Å². The Hall–Kier alpha value is -3.74. The highest BCUT2D eigenvalue weighted by Gasteiger charge is 2.31. The second kappa shape index (κ2) is 8.42. The van der Waals surface area contributed by atoms with Crippen LogP contribution in [0.3, 0.4) is 0 Å². The van der Waals surface area contributed by atoms with Crippen molar-refractivity contribution in [3.8, 4) is 5.69 Å². The van der Waals surface area contributed by atoms with Gasteiger partial charge in [-0.05, 0) is 50.3 Å². The van der Waals surface area contributed by atoms with Crippen molar-refractivity contribution in [1.29, 1.82) is 0 Å². The van der Waals surface area contributed by atoms with E-state index in [1.165, 1.54) is 4.80 Å². The Bertz CT molecular complexity index is 1250. The molecule has 7 heteroatoms. The van der Waals surface area contributed by atoms with Gasteiger partial charge in [0, 0.05) is 30.2 Å². The average Bonchev–Trinajstić information content (AvgIpc) is 3.35. The molecule has 1 amide bonds. The number of piperidine rings is 1. The smallest absolute Gasteiger partial charge is 0.256 e. The lowest BCUT2D eigenvalue weighted by molar-refractivity contribution is 0.0621. The quantitative estimate of drug-likeness (QED) is 0.529. The molecule has 32 heavy (non-hydrogen) atoms. The molecule has 2 aromatic heterocycles. The number of nitrogens with one attached hydrogen (secondary N) is 1. The van der Waals surface area contributed by atoms with Crippen LogP contribution in [0.25, 0.3) is 16.5 Å². The minimum absolute atomic E-state index is 0.00544. The number of carbonyl (C=O) groups excluding carboxylic acids is 1. The van der Waals surface area contributed by atoms with Crippen LogP contribution in [0.15, 0.2) is 67.1 Å². The number of fused-ring (bicyclic) bond motifs is 1. The first-order valence-electron chi connectivity index (χ1n) is 11.0. The number of amides is 1. The number of aryl methyl sites for hydroxylation is 1. The zero-order valence-corrected chi connectivity index (χ0v) is 18.3. The van der Waals surface area contributed by atoms with Gasteiger partial charge in [-0.2, -0.15) is 15.0 Å². The number of nitrogens with zero attached hydrogens (tertiary/aromatic N) is 5. The molecular formula is C25H26N6O. The Balaban J connectivity index is 1.42. The molecule has 2 atom stereocenters. The molecule has 1 saturated heterocycles. The van der Waals surface area contributed by atoms with E-state index in [9.17, 15) is 4.79 Å². The van der Waals surface area contributed by atoms with E-state index in [0.717, 1.165) is 35.0 Å². The highest BCUT2D eigenvalue weighted by molar-refractivity contribution is 5.98. The molecule has 1 N–H and O–H groups in total. The summed E-state index contributed by atoms with van der Waals surface area (Å²) < 4.78 is 0. The lowest BCUT2D eigenvalue weighted by Gasteiger charge is -2.39. The topological polar surface area (TPSA) is 75.9 Å². The summed E-state index contributed by atoms with van der Waals surface area (Å²) in [5, 5.41) is 14.3. The molecular weight excluding hydrogens is 400 g/mol. The summed E-state index contributed by atoms with van der Waals surface area (Å²) in [7, 11) is 0. The largest absolute Gasteiger partial charge is 0.365 e. The summed E-state index contributed by atoms with van der Waals surface area (Å²) >= 11 is 0. The predicted octanol–water partition coefficient (Wildman–Crippen LogP) is 4.23. The lowest BCUT2D eigenvalue weighted by Crippen LogP contribution is -2.50. The molecule has 3 heterocycles. The van der Waals surface area contributed by atoms with Gasteiger partial charge >= 0.3 is 0 Å². The fourth-order valence-corrected chi connectivity index (χ4v) is 4.43. The van der Waals surface area contributed by atoms with E-state index in [0.29, 0.717) is 17.8 Å². The van der Waals surface area contributed by atoms with Gasteiger partial charge in [-0.1, -0.05) is 35.9 Å². The van der Waals surface area contributed by atoms with E-state index < -0.39 is 0 Å². The standard InChI is InChI=1S/C25H26N6O/c1-17-7-10-23(31-27-13-14-28-31)22(15-17)25(32)30-16-20(9-8-18(30)2)29-24-21-6-4-3-5-19(21)11-12-26-24/h3-7,10-15,18,20H,8-9,16H2,1-2H3,(H,26,29)/t18-,20+/m0/s1. The fourth-order valence-electron chi connectivity index (χ4n) is 4.43. The van der Waals surface area contributed by atoms with Crippen molar-refractivity contribution in [2.45, 2.75) is 38.8 Å². The highest BCUT2D eigenvalue weighted by atomic mass is 16.2. The summed E-state index contributed by atoms with van der Waals surface area (Å²) in [6, 6.07) is 16.3. The van der Waals surface area contributed by atoms with Gasteiger partial charge < -0.3 is 10.2 Å². The second-order valence-corrected chi connectivity index (χ2v) is 8.44. The molecule has 0 spiro atoms. The Labute approximate surface area is 187 Å². The van der Waals surface area contributed by atoms with Gasteiger partial charge in [-0.3, -0.25) is 4.79 Å². The maximum Gasteiger partial charge on any atom is 0.256 e. The molecule has 1 aliphatic heterocycles. The summed E-state index contributed by atoms with van der Waals surface area (Å²) in [4.78, 5) is 21.8. The average molecular weight is 427 g/mol. The van der Waals surface area contributed by atoms with Crippen molar-refractivity contribution < 1.29 is 4.79 Å². The molecule has 0 unspecified atom stereocenters. The number of pyridine rings is 1. The van der Waals surface area contributed by atoms with Crippen LogP contribution < -0.4 is 5.32 Å². The van der Waals surface area contributed by atoms with Crippen LogP contribution in [0.1, 0.15) is 35.7 Å². The minimum atomic E-state index is 0.00544. The summed E-state index contributed by atoms with van der Waals surface area (Å²) in [5.41, 5.74) is 2.35. The Morgan fingerprint density at radius 1 is 1.03 bits per heavy atom. The van der Waals surface area contributed by atoms with Gasteiger partial charge in [0.05, 0.1) is 23.6 Å². The molecule has 1 fully saturated rings. The van der Waals surface area contributed by atoms with Crippen LogP contribution in [0.2, 0.25) is 0 Å². The van der Waals surface area contributed by atoms with E-state index in [4.69, 9.17) is 0 Å². The van der Waals surface area contributed by atoms with Crippen molar-refractivity contribution in [1.82, 2.24) is 24.9 Å². The molecule has 1 aliphatic rings. The lowest BCUT2D eigenvalue weighted by atomic mass is 9.97. The molecule has 2 aromatic carbocycles. The van der Waals surface area contributed by atoms with E-state index in [1.807, 2.05) is 54.4 Å². The molecule has 162 valence electrons. The predicted molar refractivity (Wildman–Crippen MR) is 125 cm³/mol. The molecule has 5 rings (SSSR count). The first-order chi connectivity index (χ1) is 15.6. The zero-order chi connectivity index (χ0) is 22.1. The van der Waals surface area contributed by atoms with Crippen LogP contribution in [0.4, 0.5) is 5.82 Å². The molecule has 4 aromatic rings. The van der Waals surface area contributed by atoms with Crippen molar-refractivity contribution in [2.24, 2.45) is 0 Å². The Morgan fingerprint density at radius 2 is 1.84 bits per heavy atom. The number of likely N-dealkylation sites (tertiary alicyclic amines) is 1.